The summed E-state index contributed by atoms with van der Waals surface area (Å²) in [6.07, 6.45) is 22.2. The molecule has 2 fully saturated rings. The predicted molar refractivity (Wildman–Crippen MR) is 119 cm³/mol. The molecule has 2 saturated carbocycles. The maximum atomic E-state index is 14.0. The van der Waals surface area contributed by atoms with Crippen LogP contribution in [-0.2, 0) is 5.41 Å². The third-order valence-electron chi connectivity index (χ3n) is 8.24. The van der Waals surface area contributed by atoms with Crippen LogP contribution in [0.15, 0.2) is 12.1 Å². The first-order valence-corrected chi connectivity index (χ1v) is 12.7. The van der Waals surface area contributed by atoms with Crippen LogP contribution < -0.4 is 0 Å². The number of benzene rings is 1. The molecule has 0 radical (unpaired) electrons. The summed E-state index contributed by atoms with van der Waals surface area (Å²) in [7, 11) is 0. The van der Waals surface area contributed by atoms with E-state index < -0.39 is 17.5 Å². The van der Waals surface area contributed by atoms with Crippen molar-refractivity contribution in [2.24, 2.45) is 5.41 Å². The van der Waals surface area contributed by atoms with E-state index in [1.807, 2.05) is 0 Å². The zero-order valence-corrected chi connectivity index (χ0v) is 19.0. The molecular weight excluding hydrogens is 381 g/mol. The Bertz CT molecular complexity index is 631. The van der Waals surface area contributed by atoms with E-state index in [2.05, 4.69) is 6.92 Å². The van der Waals surface area contributed by atoms with Crippen molar-refractivity contribution < 1.29 is 13.2 Å². The Morgan fingerprint density at radius 2 is 1.17 bits per heavy atom. The van der Waals surface area contributed by atoms with Crippen molar-refractivity contribution in [2.45, 2.75) is 128 Å². The zero-order valence-electron chi connectivity index (χ0n) is 19.0. The first-order valence-electron chi connectivity index (χ1n) is 12.7. The SMILES string of the molecule is CCCCCC1(CCCCC2(c3cc(F)c(F)c(F)c3)CCCCC2)CCCCC1. The molecule has 3 rings (SSSR count). The molecule has 30 heavy (non-hydrogen) atoms. The number of halogens is 3. The molecule has 0 aromatic heterocycles. The predicted octanol–water partition coefficient (Wildman–Crippen LogP) is 9.40. The van der Waals surface area contributed by atoms with E-state index in [1.165, 1.54) is 89.2 Å². The van der Waals surface area contributed by atoms with Gasteiger partial charge >= 0.3 is 0 Å². The number of rotatable bonds is 10. The van der Waals surface area contributed by atoms with Gasteiger partial charge in [0.15, 0.2) is 17.5 Å². The fraction of sp³-hybridized carbons (Fsp3) is 0.778. The van der Waals surface area contributed by atoms with E-state index in [0.29, 0.717) is 11.0 Å². The lowest BCUT2D eigenvalue weighted by Gasteiger charge is -2.40. The van der Waals surface area contributed by atoms with Gasteiger partial charge in [-0.05, 0) is 73.5 Å². The third kappa shape index (κ3) is 5.82. The lowest BCUT2D eigenvalue weighted by Crippen LogP contribution is -2.30. The second-order valence-corrected chi connectivity index (χ2v) is 10.3. The second kappa shape index (κ2) is 11.0. The minimum Gasteiger partial charge on any atom is -0.204 e. The molecular formula is C27H41F3. The van der Waals surface area contributed by atoms with E-state index in [9.17, 15) is 13.2 Å². The lowest BCUT2D eigenvalue weighted by atomic mass is 9.65. The Morgan fingerprint density at radius 3 is 1.73 bits per heavy atom. The van der Waals surface area contributed by atoms with Crippen molar-refractivity contribution in [1.29, 1.82) is 0 Å². The summed E-state index contributed by atoms with van der Waals surface area (Å²) in [4.78, 5) is 0. The second-order valence-electron chi connectivity index (χ2n) is 10.3. The van der Waals surface area contributed by atoms with Crippen LogP contribution in [0.25, 0.3) is 0 Å². The standard InChI is InChI=1S/C27H41F3/c1-2-3-6-13-26(14-7-4-8-15-26)16-11-12-19-27(17-9-5-10-18-27)22-20-23(28)25(30)24(29)21-22/h20-21H,2-19H2,1H3. The van der Waals surface area contributed by atoms with Crippen LogP contribution in [0.5, 0.6) is 0 Å². The molecule has 0 heterocycles. The molecule has 2 aliphatic rings. The monoisotopic (exact) mass is 422 g/mol. The van der Waals surface area contributed by atoms with E-state index >= 15 is 0 Å². The first-order chi connectivity index (χ1) is 14.5. The number of unbranched alkanes of at least 4 members (excludes halogenated alkanes) is 3. The average molecular weight is 423 g/mol. The van der Waals surface area contributed by atoms with Crippen molar-refractivity contribution in [3.8, 4) is 0 Å². The largest absolute Gasteiger partial charge is 0.204 e. The molecule has 3 heteroatoms. The summed E-state index contributed by atoms with van der Waals surface area (Å²) in [5.41, 5.74) is 1.06. The van der Waals surface area contributed by atoms with Gasteiger partial charge in [0.1, 0.15) is 0 Å². The molecule has 0 bridgehead atoms. The Morgan fingerprint density at radius 1 is 0.667 bits per heavy atom. The van der Waals surface area contributed by atoms with Crippen molar-refractivity contribution in [1.82, 2.24) is 0 Å². The fourth-order valence-electron chi connectivity index (χ4n) is 6.41. The van der Waals surface area contributed by atoms with Gasteiger partial charge in [-0.1, -0.05) is 77.6 Å². The maximum absolute atomic E-state index is 14.0. The summed E-state index contributed by atoms with van der Waals surface area (Å²) in [6.45, 7) is 2.28. The molecule has 0 spiro atoms. The third-order valence-corrected chi connectivity index (χ3v) is 8.24. The van der Waals surface area contributed by atoms with Crippen LogP contribution >= 0.6 is 0 Å². The van der Waals surface area contributed by atoms with Crippen LogP contribution in [0, 0.1) is 22.9 Å². The van der Waals surface area contributed by atoms with Crippen LogP contribution in [0.4, 0.5) is 13.2 Å². The fourth-order valence-corrected chi connectivity index (χ4v) is 6.41. The van der Waals surface area contributed by atoms with Gasteiger partial charge in [0.25, 0.3) is 0 Å². The van der Waals surface area contributed by atoms with Gasteiger partial charge in [0, 0.05) is 0 Å². The average Bonchev–Trinajstić information content (AvgIpc) is 2.76. The van der Waals surface area contributed by atoms with Crippen LogP contribution in [0.2, 0.25) is 0 Å². The quantitative estimate of drug-likeness (QED) is 0.260. The molecule has 0 nitrogen and oxygen atoms in total. The van der Waals surface area contributed by atoms with Gasteiger partial charge in [-0.15, -0.1) is 0 Å². The van der Waals surface area contributed by atoms with Crippen molar-refractivity contribution >= 4 is 0 Å². The Kier molecular flexibility index (Phi) is 8.72. The van der Waals surface area contributed by atoms with Gasteiger partial charge < -0.3 is 0 Å². The topological polar surface area (TPSA) is 0 Å². The molecule has 0 amide bonds. The maximum Gasteiger partial charge on any atom is 0.194 e. The van der Waals surface area contributed by atoms with E-state index in [-0.39, 0.29) is 5.41 Å². The first kappa shape index (κ1) is 23.7. The Hall–Kier alpha value is -0.990. The summed E-state index contributed by atoms with van der Waals surface area (Å²) in [5.74, 6) is -3.41. The summed E-state index contributed by atoms with van der Waals surface area (Å²) >= 11 is 0. The Labute approximate surface area is 182 Å². The van der Waals surface area contributed by atoms with E-state index in [0.717, 1.165) is 38.5 Å². The van der Waals surface area contributed by atoms with Gasteiger partial charge in [-0.2, -0.15) is 0 Å². The normalized spacial score (nSPS) is 20.9. The highest BCUT2D eigenvalue weighted by Gasteiger charge is 2.36. The highest BCUT2D eigenvalue weighted by molar-refractivity contribution is 5.28. The summed E-state index contributed by atoms with van der Waals surface area (Å²) in [6, 6.07) is 2.55. The summed E-state index contributed by atoms with van der Waals surface area (Å²) < 4.78 is 41.5. The smallest absolute Gasteiger partial charge is 0.194 e. The molecule has 0 atom stereocenters. The molecule has 0 unspecified atom stereocenters. The molecule has 0 saturated heterocycles. The van der Waals surface area contributed by atoms with Gasteiger partial charge in [-0.3, -0.25) is 0 Å². The van der Waals surface area contributed by atoms with Crippen LogP contribution in [0.1, 0.15) is 128 Å². The molecule has 2 aliphatic carbocycles. The highest BCUT2D eigenvalue weighted by atomic mass is 19.2. The molecule has 0 aliphatic heterocycles. The van der Waals surface area contributed by atoms with Crippen LogP contribution in [-0.4, -0.2) is 0 Å². The van der Waals surface area contributed by atoms with Crippen LogP contribution in [0.3, 0.4) is 0 Å². The summed E-state index contributed by atoms with van der Waals surface area (Å²) in [5, 5.41) is 0. The minimum atomic E-state index is -1.34. The molecule has 1 aromatic rings. The molecule has 170 valence electrons. The van der Waals surface area contributed by atoms with E-state index in [4.69, 9.17) is 0 Å². The van der Waals surface area contributed by atoms with Crippen molar-refractivity contribution in [2.75, 3.05) is 0 Å². The highest BCUT2D eigenvalue weighted by Crippen LogP contribution is 2.47. The van der Waals surface area contributed by atoms with Crippen molar-refractivity contribution in [3.63, 3.8) is 0 Å². The molecule has 0 N–H and O–H groups in total. The number of hydrogen-bond donors (Lipinski definition) is 0. The Balaban J connectivity index is 1.63. The molecule has 1 aromatic carbocycles. The minimum absolute atomic E-state index is 0.171. The van der Waals surface area contributed by atoms with E-state index in [1.54, 1.807) is 0 Å². The van der Waals surface area contributed by atoms with Gasteiger partial charge in [0.05, 0.1) is 0 Å². The van der Waals surface area contributed by atoms with Gasteiger partial charge in [-0.25, -0.2) is 13.2 Å². The van der Waals surface area contributed by atoms with Crippen molar-refractivity contribution in [3.05, 3.63) is 35.1 Å². The zero-order chi connectivity index (χ0) is 21.5. The van der Waals surface area contributed by atoms with Gasteiger partial charge in [0.2, 0.25) is 0 Å². The lowest BCUT2D eigenvalue weighted by molar-refractivity contribution is 0.144. The number of hydrogen-bond acceptors (Lipinski definition) is 0.